The van der Waals surface area contributed by atoms with Gasteiger partial charge in [-0.05, 0) is 57.1 Å². The van der Waals surface area contributed by atoms with Gasteiger partial charge in [0.25, 0.3) is 0 Å². The van der Waals surface area contributed by atoms with Crippen molar-refractivity contribution in [3.8, 4) is 5.75 Å². The van der Waals surface area contributed by atoms with Crippen LogP contribution in [0.5, 0.6) is 5.75 Å². The lowest BCUT2D eigenvalue weighted by Crippen LogP contribution is -1.98. The Bertz CT molecular complexity index is 753. The summed E-state index contributed by atoms with van der Waals surface area (Å²) in [6, 6.07) is 20.7. The molecule has 3 rings (SSSR count). The number of benzene rings is 3. The van der Waals surface area contributed by atoms with Gasteiger partial charge in [-0.1, -0.05) is 42.5 Å². The number of rotatable bonds is 4. The Kier molecular flexibility index (Phi) is 4.66. The fraction of sp³-hybridized carbons (Fsp3) is 0.111. The van der Waals surface area contributed by atoms with E-state index in [9.17, 15) is 0 Å². The zero-order chi connectivity index (χ0) is 14.7. The van der Waals surface area contributed by atoms with Gasteiger partial charge in [0.2, 0.25) is 0 Å². The van der Waals surface area contributed by atoms with Crippen molar-refractivity contribution in [1.82, 2.24) is 0 Å². The molecule has 0 bridgehead atoms. The molecule has 0 saturated heterocycles. The maximum atomic E-state index is 6.13. The topological polar surface area (TPSA) is 9.23 Å². The van der Waals surface area contributed by atoms with Crippen LogP contribution in [0.15, 0.2) is 60.7 Å². The normalized spacial score (nSPS) is 10.8. The van der Waals surface area contributed by atoms with Crippen molar-refractivity contribution in [2.45, 2.75) is 12.5 Å². The van der Waals surface area contributed by atoms with Crippen LogP contribution >= 0.6 is 34.2 Å². The van der Waals surface area contributed by atoms with E-state index in [4.69, 9.17) is 16.3 Å². The summed E-state index contributed by atoms with van der Waals surface area (Å²) in [6.45, 7) is 0.555. The number of halogens is 2. The molecule has 3 aromatic rings. The summed E-state index contributed by atoms with van der Waals surface area (Å²) < 4.78 is 7.20. The highest BCUT2D eigenvalue weighted by Gasteiger charge is 2.08. The first-order valence-electron chi connectivity index (χ1n) is 6.72. The molecule has 21 heavy (non-hydrogen) atoms. The Labute approximate surface area is 143 Å². The van der Waals surface area contributed by atoms with Crippen LogP contribution in [0.1, 0.15) is 11.1 Å². The lowest BCUT2D eigenvalue weighted by atomic mass is 10.0. The third kappa shape index (κ3) is 3.33. The van der Waals surface area contributed by atoms with Gasteiger partial charge >= 0.3 is 0 Å². The van der Waals surface area contributed by atoms with Crippen LogP contribution in [0.4, 0.5) is 0 Å². The first-order chi connectivity index (χ1) is 10.3. The van der Waals surface area contributed by atoms with E-state index in [1.165, 1.54) is 8.96 Å². The Morgan fingerprint density at radius 3 is 2.43 bits per heavy atom. The zero-order valence-corrected chi connectivity index (χ0v) is 14.3. The molecule has 3 aromatic carbocycles. The molecule has 0 unspecified atom stereocenters. The maximum Gasteiger partial charge on any atom is 0.124 e. The minimum atomic E-state index is 0.448. The molecule has 0 aliphatic carbocycles. The summed E-state index contributed by atoms with van der Waals surface area (Å²) in [4.78, 5) is 0. The highest BCUT2D eigenvalue weighted by Crippen LogP contribution is 2.30. The molecule has 0 radical (unpaired) electrons. The van der Waals surface area contributed by atoms with Crippen molar-refractivity contribution >= 4 is 45.0 Å². The van der Waals surface area contributed by atoms with Crippen molar-refractivity contribution in [3.63, 3.8) is 0 Å². The monoisotopic (exact) mass is 408 g/mol. The average molecular weight is 409 g/mol. The minimum Gasteiger partial charge on any atom is -0.489 e. The summed E-state index contributed by atoms with van der Waals surface area (Å²) in [5.41, 5.74) is 2.21. The van der Waals surface area contributed by atoms with E-state index < -0.39 is 0 Å². The Hall–Kier alpha value is -1.26. The summed E-state index contributed by atoms with van der Waals surface area (Å²) >= 11 is 8.43. The summed E-state index contributed by atoms with van der Waals surface area (Å²) in [5.74, 6) is 1.31. The number of hydrogen-bond acceptors (Lipinski definition) is 1. The molecule has 1 nitrogen and oxygen atoms in total. The molecular weight excluding hydrogens is 395 g/mol. The van der Waals surface area contributed by atoms with Gasteiger partial charge in [-0.15, -0.1) is 11.6 Å². The van der Waals surface area contributed by atoms with Crippen LogP contribution in [0.3, 0.4) is 0 Å². The number of alkyl halides is 1. The quantitative estimate of drug-likeness (QED) is 0.394. The molecule has 0 heterocycles. The molecule has 0 N–H and O–H groups in total. The van der Waals surface area contributed by atoms with E-state index in [-0.39, 0.29) is 0 Å². The fourth-order valence-corrected chi connectivity index (χ4v) is 2.97. The maximum absolute atomic E-state index is 6.13. The molecule has 0 aliphatic rings. The number of fused-ring (bicyclic) bond motifs is 1. The molecule has 106 valence electrons. The van der Waals surface area contributed by atoms with Gasteiger partial charge < -0.3 is 4.74 Å². The predicted molar refractivity (Wildman–Crippen MR) is 97.0 cm³/mol. The predicted octanol–water partition coefficient (Wildman–Crippen LogP) is 5.76. The third-order valence-electron chi connectivity index (χ3n) is 3.44. The van der Waals surface area contributed by atoms with Gasteiger partial charge in [0.1, 0.15) is 12.4 Å². The molecular formula is C18H14ClIO. The molecule has 0 saturated carbocycles. The van der Waals surface area contributed by atoms with Crippen LogP contribution in [0.25, 0.3) is 10.8 Å². The largest absolute Gasteiger partial charge is 0.489 e. The van der Waals surface area contributed by atoms with Crippen molar-refractivity contribution in [2.24, 2.45) is 0 Å². The lowest BCUT2D eigenvalue weighted by molar-refractivity contribution is 0.304. The first kappa shape index (κ1) is 14.7. The van der Waals surface area contributed by atoms with E-state index in [1.54, 1.807) is 0 Å². The van der Waals surface area contributed by atoms with Crippen molar-refractivity contribution in [2.75, 3.05) is 0 Å². The molecule has 0 atom stereocenters. The molecule has 3 heteroatoms. The van der Waals surface area contributed by atoms with Gasteiger partial charge in [-0.3, -0.25) is 0 Å². The average Bonchev–Trinajstić information content (AvgIpc) is 2.53. The van der Waals surface area contributed by atoms with Gasteiger partial charge in [0, 0.05) is 9.13 Å². The van der Waals surface area contributed by atoms with E-state index in [1.807, 2.05) is 18.2 Å². The standard InChI is InChI=1S/C18H14ClIO/c19-11-17-16-4-2-1-3-14(16)7-10-18(17)21-12-13-5-8-15(20)9-6-13/h1-10H,11-12H2. The molecule has 0 aliphatic heterocycles. The van der Waals surface area contributed by atoms with Crippen molar-refractivity contribution < 1.29 is 4.74 Å². The summed E-state index contributed by atoms with van der Waals surface area (Å²) in [7, 11) is 0. The fourth-order valence-electron chi connectivity index (χ4n) is 2.33. The van der Waals surface area contributed by atoms with Crippen LogP contribution in [-0.2, 0) is 12.5 Å². The number of hydrogen-bond donors (Lipinski definition) is 0. The van der Waals surface area contributed by atoms with E-state index in [0.717, 1.165) is 22.3 Å². The zero-order valence-electron chi connectivity index (χ0n) is 11.4. The van der Waals surface area contributed by atoms with E-state index in [0.29, 0.717) is 12.5 Å². The molecule has 0 spiro atoms. The Morgan fingerprint density at radius 1 is 0.905 bits per heavy atom. The third-order valence-corrected chi connectivity index (χ3v) is 4.43. The Balaban J connectivity index is 1.88. The second-order valence-electron chi connectivity index (χ2n) is 4.81. The van der Waals surface area contributed by atoms with Gasteiger partial charge in [-0.2, -0.15) is 0 Å². The molecule has 0 amide bonds. The van der Waals surface area contributed by atoms with Crippen molar-refractivity contribution in [1.29, 1.82) is 0 Å². The summed E-state index contributed by atoms with van der Waals surface area (Å²) in [6.07, 6.45) is 0. The highest BCUT2D eigenvalue weighted by atomic mass is 127. The van der Waals surface area contributed by atoms with Crippen LogP contribution in [0, 0.1) is 3.57 Å². The van der Waals surface area contributed by atoms with Crippen LogP contribution < -0.4 is 4.74 Å². The second-order valence-corrected chi connectivity index (χ2v) is 6.33. The van der Waals surface area contributed by atoms with Crippen molar-refractivity contribution in [3.05, 3.63) is 75.4 Å². The minimum absolute atomic E-state index is 0.448. The first-order valence-corrected chi connectivity index (χ1v) is 8.33. The second kappa shape index (κ2) is 6.67. The summed E-state index contributed by atoms with van der Waals surface area (Å²) in [5, 5.41) is 2.35. The smallest absolute Gasteiger partial charge is 0.124 e. The lowest BCUT2D eigenvalue weighted by Gasteiger charge is -2.12. The van der Waals surface area contributed by atoms with E-state index >= 15 is 0 Å². The number of ether oxygens (including phenoxy) is 1. The van der Waals surface area contributed by atoms with Gasteiger partial charge in [0.15, 0.2) is 0 Å². The molecule has 0 fully saturated rings. The van der Waals surface area contributed by atoms with Gasteiger partial charge in [0.05, 0.1) is 5.88 Å². The van der Waals surface area contributed by atoms with Crippen LogP contribution in [-0.4, -0.2) is 0 Å². The van der Waals surface area contributed by atoms with E-state index in [2.05, 4.69) is 65.1 Å². The van der Waals surface area contributed by atoms with Gasteiger partial charge in [-0.25, -0.2) is 0 Å². The molecule has 0 aromatic heterocycles. The SMILES string of the molecule is ClCc1c(OCc2ccc(I)cc2)ccc2ccccc12. The Morgan fingerprint density at radius 2 is 1.67 bits per heavy atom. The van der Waals surface area contributed by atoms with Crippen LogP contribution in [0.2, 0.25) is 0 Å². The highest BCUT2D eigenvalue weighted by molar-refractivity contribution is 14.1.